The first-order valence-electron chi connectivity index (χ1n) is 7.30. The van der Waals surface area contributed by atoms with Crippen molar-refractivity contribution >= 4 is 16.0 Å². The molecule has 2 N–H and O–H groups in total. The van der Waals surface area contributed by atoms with Gasteiger partial charge < -0.3 is 10.2 Å². The van der Waals surface area contributed by atoms with Crippen LogP contribution < -0.4 is 10.0 Å². The van der Waals surface area contributed by atoms with Crippen molar-refractivity contribution in [2.45, 2.75) is 37.8 Å². The number of rotatable bonds is 4. The highest BCUT2D eigenvalue weighted by atomic mass is 32.2. The Hall–Kier alpha value is -1.60. The highest BCUT2D eigenvalue weighted by molar-refractivity contribution is 7.89. The average molecular weight is 324 g/mol. The van der Waals surface area contributed by atoms with Gasteiger partial charge in [-0.3, -0.25) is 4.99 Å². The van der Waals surface area contributed by atoms with Crippen LogP contribution in [0, 0.1) is 0 Å². The average Bonchev–Trinajstić information content (AvgIpc) is 2.79. The van der Waals surface area contributed by atoms with Crippen LogP contribution >= 0.6 is 0 Å². The summed E-state index contributed by atoms with van der Waals surface area (Å²) in [5.74, 6) is 0.802. The Balaban J connectivity index is 2.20. The van der Waals surface area contributed by atoms with E-state index in [0.717, 1.165) is 24.6 Å². The van der Waals surface area contributed by atoms with Crippen LogP contribution in [-0.4, -0.2) is 45.0 Å². The van der Waals surface area contributed by atoms with E-state index in [9.17, 15) is 8.42 Å². The van der Waals surface area contributed by atoms with Crippen LogP contribution in [0.2, 0.25) is 0 Å². The number of likely N-dealkylation sites (N-methyl/N-ethyl adjacent to an activating group) is 1. The lowest BCUT2D eigenvalue weighted by molar-refractivity contribution is 0.490. The first-order chi connectivity index (χ1) is 10.2. The van der Waals surface area contributed by atoms with E-state index in [1.807, 2.05) is 44.9 Å². The zero-order chi connectivity index (χ0) is 16.4. The molecule has 1 aliphatic heterocycles. The van der Waals surface area contributed by atoms with E-state index in [2.05, 4.69) is 15.0 Å². The smallest absolute Gasteiger partial charge is 0.241 e. The van der Waals surface area contributed by atoms with Gasteiger partial charge in [-0.2, -0.15) is 0 Å². The predicted molar refractivity (Wildman–Crippen MR) is 88.3 cm³/mol. The summed E-state index contributed by atoms with van der Waals surface area (Å²) >= 11 is 0. The first kappa shape index (κ1) is 16.8. The second-order valence-corrected chi connectivity index (χ2v) is 8.09. The second-order valence-electron chi connectivity index (χ2n) is 6.44. The van der Waals surface area contributed by atoms with Gasteiger partial charge in [-0.05, 0) is 32.4 Å². The monoisotopic (exact) mass is 324 g/mol. The van der Waals surface area contributed by atoms with Gasteiger partial charge in [0, 0.05) is 25.7 Å². The van der Waals surface area contributed by atoms with Gasteiger partial charge in [0.25, 0.3) is 0 Å². The summed E-state index contributed by atoms with van der Waals surface area (Å²) in [6, 6.07) is 7.03. The zero-order valence-corrected chi connectivity index (χ0v) is 14.4. The Bertz CT molecular complexity index is 662. The van der Waals surface area contributed by atoms with Crippen LogP contribution in [0.25, 0.3) is 0 Å². The zero-order valence-electron chi connectivity index (χ0n) is 13.5. The highest BCUT2D eigenvalue weighted by Gasteiger charge is 2.24. The molecule has 7 heteroatoms. The molecule has 1 heterocycles. The quantitative estimate of drug-likeness (QED) is 0.871. The molecule has 22 heavy (non-hydrogen) atoms. The molecule has 0 amide bonds. The van der Waals surface area contributed by atoms with Crippen molar-refractivity contribution in [3.05, 3.63) is 29.8 Å². The van der Waals surface area contributed by atoms with Crippen molar-refractivity contribution in [3.8, 4) is 0 Å². The van der Waals surface area contributed by atoms with E-state index in [1.165, 1.54) is 0 Å². The van der Waals surface area contributed by atoms with Gasteiger partial charge in [-0.25, -0.2) is 13.1 Å². The summed E-state index contributed by atoms with van der Waals surface area (Å²) in [7, 11) is -1.59. The van der Waals surface area contributed by atoms with Crippen molar-refractivity contribution in [3.63, 3.8) is 0 Å². The number of hydrogen-bond acceptors (Lipinski definition) is 5. The van der Waals surface area contributed by atoms with Gasteiger partial charge in [0.1, 0.15) is 0 Å². The lowest BCUT2D eigenvalue weighted by Gasteiger charge is -2.22. The fourth-order valence-electron chi connectivity index (χ4n) is 2.27. The molecular weight excluding hydrogens is 300 g/mol. The number of aliphatic imine (C=N–C) groups is 1. The lowest BCUT2D eigenvalue weighted by atomic mass is 10.1. The van der Waals surface area contributed by atoms with E-state index in [1.54, 1.807) is 12.1 Å². The molecule has 0 atom stereocenters. The van der Waals surface area contributed by atoms with Gasteiger partial charge in [0.2, 0.25) is 10.0 Å². The van der Waals surface area contributed by atoms with Crippen LogP contribution in [0.15, 0.2) is 34.2 Å². The molecule has 0 aliphatic carbocycles. The molecule has 1 aromatic carbocycles. The van der Waals surface area contributed by atoms with Crippen molar-refractivity contribution in [1.29, 1.82) is 0 Å². The second kappa shape index (κ2) is 6.26. The van der Waals surface area contributed by atoms with Crippen LogP contribution in [0.5, 0.6) is 0 Å². The summed E-state index contributed by atoms with van der Waals surface area (Å²) in [6.45, 7) is 7.55. The van der Waals surface area contributed by atoms with E-state index in [0.29, 0.717) is 11.4 Å². The van der Waals surface area contributed by atoms with Crippen molar-refractivity contribution in [2.24, 2.45) is 4.99 Å². The summed E-state index contributed by atoms with van der Waals surface area (Å²) in [4.78, 5) is 6.67. The Morgan fingerprint density at radius 2 is 1.95 bits per heavy atom. The van der Waals surface area contributed by atoms with Crippen molar-refractivity contribution in [1.82, 2.24) is 14.9 Å². The SMILES string of the molecule is CN1CCN=C1NCc1ccccc1S(=O)(=O)NC(C)(C)C. The normalized spacial score (nSPS) is 15.8. The van der Waals surface area contributed by atoms with Gasteiger partial charge >= 0.3 is 0 Å². The van der Waals surface area contributed by atoms with E-state index in [4.69, 9.17) is 0 Å². The Labute approximate surface area is 132 Å². The standard InChI is InChI=1S/C15H24N4O2S/c1-15(2,3)18-22(20,21)13-8-6-5-7-12(13)11-17-14-16-9-10-19(14)4/h5-8,18H,9-11H2,1-4H3,(H,16,17). The van der Waals surface area contributed by atoms with Gasteiger partial charge in [0.15, 0.2) is 5.96 Å². The molecule has 0 saturated carbocycles. The van der Waals surface area contributed by atoms with E-state index in [-0.39, 0.29) is 0 Å². The van der Waals surface area contributed by atoms with Crippen molar-refractivity contribution in [2.75, 3.05) is 20.1 Å². The molecule has 0 spiro atoms. The number of benzene rings is 1. The number of guanidine groups is 1. The largest absolute Gasteiger partial charge is 0.352 e. The third-order valence-electron chi connectivity index (χ3n) is 3.20. The Morgan fingerprint density at radius 3 is 2.55 bits per heavy atom. The molecule has 1 aliphatic rings. The summed E-state index contributed by atoms with van der Waals surface area (Å²) in [5.41, 5.74) is 0.206. The topological polar surface area (TPSA) is 73.8 Å². The predicted octanol–water partition coefficient (Wildman–Crippen LogP) is 1.15. The van der Waals surface area contributed by atoms with Crippen LogP contribution in [0.4, 0.5) is 0 Å². The fourth-order valence-corrected chi connectivity index (χ4v) is 3.93. The van der Waals surface area contributed by atoms with E-state index < -0.39 is 15.6 Å². The third kappa shape index (κ3) is 4.20. The molecule has 6 nitrogen and oxygen atoms in total. The first-order valence-corrected chi connectivity index (χ1v) is 8.79. The maximum Gasteiger partial charge on any atom is 0.241 e. The molecule has 0 radical (unpaired) electrons. The van der Waals surface area contributed by atoms with Gasteiger partial charge in [0.05, 0.1) is 11.4 Å². The molecule has 122 valence electrons. The lowest BCUT2D eigenvalue weighted by Crippen LogP contribution is -2.41. The molecule has 0 bridgehead atoms. The number of nitrogens with one attached hydrogen (secondary N) is 2. The third-order valence-corrected chi connectivity index (χ3v) is 5.06. The van der Waals surface area contributed by atoms with Crippen LogP contribution in [0.1, 0.15) is 26.3 Å². The Kier molecular flexibility index (Phi) is 4.77. The maximum absolute atomic E-state index is 12.5. The molecule has 1 aromatic rings. The maximum atomic E-state index is 12.5. The Morgan fingerprint density at radius 1 is 1.27 bits per heavy atom. The molecule has 0 fully saturated rings. The summed E-state index contributed by atoms with van der Waals surface area (Å²) < 4.78 is 27.8. The molecular formula is C15H24N4O2S. The minimum atomic E-state index is -3.55. The minimum absolute atomic E-state index is 0.304. The van der Waals surface area contributed by atoms with Crippen LogP contribution in [-0.2, 0) is 16.6 Å². The number of sulfonamides is 1. The highest BCUT2D eigenvalue weighted by Crippen LogP contribution is 2.17. The van der Waals surface area contributed by atoms with Crippen molar-refractivity contribution < 1.29 is 8.42 Å². The molecule has 0 saturated heterocycles. The molecule has 0 aromatic heterocycles. The van der Waals surface area contributed by atoms with Gasteiger partial charge in [-0.1, -0.05) is 18.2 Å². The van der Waals surface area contributed by atoms with Gasteiger partial charge in [-0.15, -0.1) is 0 Å². The summed E-state index contributed by atoms with van der Waals surface area (Å²) in [5, 5.41) is 3.21. The van der Waals surface area contributed by atoms with Crippen LogP contribution in [0.3, 0.4) is 0 Å². The van der Waals surface area contributed by atoms with E-state index >= 15 is 0 Å². The minimum Gasteiger partial charge on any atom is -0.352 e. The summed E-state index contributed by atoms with van der Waals surface area (Å²) in [6.07, 6.45) is 0. The fraction of sp³-hybridized carbons (Fsp3) is 0.533. The molecule has 2 rings (SSSR count). The molecule has 0 unspecified atom stereocenters. The number of nitrogens with zero attached hydrogens (tertiary/aromatic N) is 2. The number of hydrogen-bond donors (Lipinski definition) is 2.